The first-order valence-electron chi connectivity index (χ1n) is 7.05. The van der Waals surface area contributed by atoms with E-state index in [9.17, 15) is 36.9 Å². The van der Waals surface area contributed by atoms with Gasteiger partial charge in [-0.05, 0) is 30.3 Å². The van der Waals surface area contributed by atoms with Crippen molar-refractivity contribution < 1.29 is 36.4 Å². The lowest BCUT2D eigenvalue weighted by Gasteiger charge is -2.12. The Morgan fingerprint density at radius 2 is 1.85 bits per heavy atom. The molecule has 0 unspecified atom stereocenters. The molecule has 7 nitrogen and oxygen atoms in total. The van der Waals surface area contributed by atoms with Crippen molar-refractivity contribution in [3.05, 3.63) is 63.7 Å². The molecule has 0 aliphatic carbocycles. The number of nitrogens with one attached hydrogen (secondary N) is 2. The summed E-state index contributed by atoms with van der Waals surface area (Å²) < 4.78 is 66.4. The molecule has 0 aromatic heterocycles. The van der Waals surface area contributed by atoms with Crippen LogP contribution in [0, 0.1) is 10.1 Å². The highest BCUT2D eigenvalue weighted by atomic mass is 19.4. The molecule has 2 rings (SSSR count). The molecule has 0 saturated heterocycles. The first kappa shape index (κ1) is 19.9. The number of hydrogen-bond acceptors (Lipinski definition) is 5. The second kappa shape index (κ2) is 7.85. The van der Waals surface area contributed by atoms with Gasteiger partial charge in [0, 0.05) is 11.6 Å². The lowest BCUT2D eigenvalue weighted by Crippen LogP contribution is -2.29. The van der Waals surface area contributed by atoms with Crippen molar-refractivity contribution in [2.45, 2.75) is 12.8 Å². The third kappa shape index (κ3) is 5.26. The fraction of sp³-hybridized carbons (Fsp3) is 0.133. The third-order valence-corrected chi connectivity index (χ3v) is 3.15. The summed E-state index contributed by atoms with van der Waals surface area (Å²) in [5, 5.41) is 11.0. The highest BCUT2D eigenvalue weighted by molar-refractivity contribution is 5.95. The summed E-state index contributed by atoms with van der Waals surface area (Å²) in [6.45, 7) is -3.10. The van der Waals surface area contributed by atoms with Gasteiger partial charge in [-0.2, -0.15) is 22.0 Å². The number of benzene rings is 2. The van der Waals surface area contributed by atoms with Crippen LogP contribution in [0.2, 0.25) is 0 Å². The van der Waals surface area contributed by atoms with Crippen LogP contribution in [0.3, 0.4) is 0 Å². The zero-order chi connectivity index (χ0) is 20.2. The molecule has 0 heterocycles. The molecule has 0 aliphatic rings. The zero-order valence-corrected chi connectivity index (χ0v) is 13.1. The molecule has 27 heavy (non-hydrogen) atoms. The molecule has 0 spiro atoms. The van der Waals surface area contributed by atoms with Gasteiger partial charge in [0.25, 0.3) is 11.6 Å². The van der Waals surface area contributed by atoms with E-state index in [1.54, 1.807) is 0 Å². The van der Waals surface area contributed by atoms with Crippen LogP contribution >= 0.6 is 0 Å². The summed E-state index contributed by atoms with van der Waals surface area (Å²) in [7, 11) is 0. The fourth-order valence-electron chi connectivity index (χ4n) is 1.97. The number of amides is 1. The molecular weight excluding hydrogens is 381 g/mol. The second-order valence-electron chi connectivity index (χ2n) is 4.97. The number of rotatable bonds is 6. The van der Waals surface area contributed by atoms with E-state index in [1.807, 2.05) is 5.43 Å². The third-order valence-electron chi connectivity index (χ3n) is 3.15. The minimum Gasteiger partial charge on any atom is -0.435 e. The normalized spacial score (nSPS) is 11.2. The van der Waals surface area contributed by atoms with E-state index in [4.69, 9.17) is 0 Å². The maximum Gasteiger partial charge on any atom is 0.416 e. The van der Waals surface area contributed by atoms with Crippen molar-refractivity contribution in [2.24, 2.45) is 0 Å². The maximum absolute atomic E-state index is 12.6. The van der Waals surface area contributed by atoms with Crippen LogP contribution in [0.15, 0.2) is 42.5 Å². The number of nitrogens with zero attached hydrogens (tertiary/aromatic N) is 1. The van der Waals surface area contributed by atoms with E-state index in [0.29, 0.717) is 12.1 Å². The smallest absolute Gasteiger partial charge is 0.416 e. The molecular formula is C15H10F5N3O4. The molecule has 0 bridgehead atoms. The van der Waals surface area contributed by atoms with Gasteiger partial charge in [-0.3, -0.25) is 25.8 Å². The first-order valence-corrected chi connectivity index (χ1v) is 7.05. The van der Waals surface area contributed by atoms with Gasteiger partial charge < -0.3 is 4.74 Å². The molecule has 0 saturated carbocycles. The van der Waals surface area contributed by atoms with E-state index in [0.717, 1.165) is 12.1 Å². The first-order chi connectivity index (χ1) is 12.6. The van der Waals surface area contributed by atoms with E-state index in [-0.39, 0.29) is 11.3 Å². The topological polar surface area (TPSA) is 93.5 Å². The number of alkyl halides is 5. The Morgan fingerprint density at radius 3 is 2.44 bits per heavy atom. The minimum absolute atomic E-state index is 0.129. The van der Waals surface area contributed by atoms with E-state index in [2.05, 4.69) is 10.2 Å². The molecule has 2 N–H and O–H groups in total. The predicted octanol–water partition coefficient (Wildman–Crippen LogP) is 3.97. The molecule has 0 aliphatic heterocycles. The highest BCUT2D eigenvalue weighted by Gasteiger charge is 2.33. The fourth-order valence-corrected chi connectivity index (χ4v) is 1.97. The number of carbonyl (C=O) groups is 1. The Morgan fingerprint density at radius 1 is 1.15 bits per heavy atom. The Bertz CT molecular complexity index is 858. The summed E-state index contributed by atoms with van der Waals surface area (Å²) in [6, 6.07) is 6.35. The van der Waals surface area contributed by atoms with Crippen LogP contribution in [0.5, 0.6) is 5.75 Å². The van der Waals surface area contributed by atoms with Crippen LogP contribution in [0.4, 0.5) is 33.3 Å². The number of nitro benzene ring substituents is 1. The number of carbonyl (C=O) groups excluding carboxylic acids is 1. The van der Waals surface area contributed by atoms with Crippen molar-refractivity contribution in [1.29, 1.82) is 0 Å². The summed E-state index contributed by atoms with van der Waals surface area (Å²) >= 11 is 0. The minimum atomic E-state index is -4.78. The number of ether oxygens (including phenoxy) is 1. The number of halogens is 5. The molecule has 144 valence electrons. The molecule has 0 radical (unpaired) electrons. The lowest BCUT2D eigenvalue weighted by molar-refractivity contribution is -0.384. The number of anilines is 1. The van der Waals surface area contributed by atoms with Crippen LogP contribution in [-0.2, 0) is 6.18 Å². The van der Waals surface area contributed by atoms with Gasteiger partial charge >= 0.3 is 12.8 Å². The van der Waals surface area contributed by atoms with Gasteiger partial charge in [0.05, 0.1) is 10.5 Å². The summed E-state index contributed by atoms with van der Waals surface area (Å²) in [4.78, 5) is 21.9. The number of hydrogen-bond donors (Lipinski definition) is 2. The molecule has 1 amide bonds. The lowest BCUT2D eigenvalue weighted by atomic mass is 10.1. The SMILES string of the molecule is O=C(NNc1ccc(C(F)(F)F)cc1[N+](=O)[O-])c1cccc(OC(F)F)c1. The average Bonchev–Trinajstić information content (AvgIpc) is 2.58. The van der Waals surface area contributed by atoms with Gasteiger partial charge in [-0.15, -0.1) is 0 Å². The zero-order valence-electron chi connectivity index (χ0n) is 13.1. The van der Waals surface area contributed by atoms with Crippen molar-refractivity contribution in [2.75, 3.05) is 5.43 Å². The molecule has 0 fully saturated rings. The largest absolute Gasteiger partial charge is 0.435 e. The Balaban J connectivity index is 2.16. The van der Waals surface area contributed by atoms with Crippen LogP contribution in [0.1, 0.15) is 15.9 Å². The van der Waals surface area contributed by atoms with Crippen molar-refractivity contribution >= 4 is 17.3 Å². The van der Waals surface area contributed by atoms with Crippen LogP contribution in [-0.4, -0.2) is 17.4 Å². The summed E-state index contributed by atoms with van der Waals surface area (Å²) in [5.41, 5.74) is 1.48. The molecule has 2 aromatic carbocycles. The maximum atomic E-state index is 12.6. The average molecular weight is 391 g/mol. The number of nitro groups is 1. The Kier molecular flexibility index (Phi) is 5.78. The quantitative estimate of drug-likeness (QED) is 0.442. The Hall–Kier alpha value is -3.44. The van der Waals surface area contributed by atoms with Crippen LogP contribution in [0.25, 0.3) is 0 Å². The van der Waals surface area contributed by atoms with E-state index < -0.39 is 40.6 Å². The molecule has 2 aromatic rings. The van der Waals surface area contributed by atoms with Crippen LogP contribution < -0.4 is 15.6 Å². The van der Waals surface area contributed by atoms with Crippen molar-refractivity contribution in [3.63, 3.8) is 0 Å². The van der Waals surface area contributed by atoms with E-state index >= 15 is 0 Å². The summed E-state index contributed by atoms with van der Waals surface area (Å²) in [6.07, 6.45) is -4.78. The predicted molar refractivity (Wildman–Crippen MR) is 82.3 cm³/mol. The molecule has 0 atom stereocenters. The monoisotopic (exact) mass is 391 g/mol. The van der Waals surface area contributed by atoms with Gasteiger partial charge in [0.2, 0.25) is 0 Å². The highest BCUT2D eigenvalue weighted by Crippen LogP contribution is 2.34. The van der Waals surface area contributed by atoms with Crippen molar-refractivity contribution in [1.82, 2.24) is 5.43 Å². The summed E-state index contributed by atoms with van der Waals surface area (Å²) in [5.74, 6) is -1.18. The Labute approximate surface area is 147 Å². The van der Waals surface area contributed by atoms with E-state index in [1.165, 1.54) is 18.2 Å². The standard InChI is InChI=1S/C15H10F5N3O4/c16-14(17)27-10-3-1-2-8(6-10)13(24)22-21-11-5-4-9(15(18,19)20)7-12(11)23(25)26/h1-7,14,21H,(H,22,24). The molecule has 12 heteroatoms. The van der Waals surface area contributed by atoms with Gasteiger partial charge in [0.15, 0.2) is 0 Å². The van der Waals surface area contributed by atoms with Gasteiger partial charge in [-0.25, -0.2) is 0 Å². The van der Waals surface area contributed by atoms with Crippen molar-refractivity contribution in [3.8, 4) is 5.75 Å². The number of hydrazine groups is 1. The van der Waals surface area contributed by atoms with Gasteiger partial charge in [0.1, 0.15) is 11.4 Å². The van der Waals surface area contributed by atoms with Gasteiger partial charge in [-0.1, -0.05) is 6.07 Å². The second-order valence-corrected chi connectivity index (χ2v) is 4.97.